The molecule has 0 bridgehead atoms. The standard InChI is InChI=1S/C16H15NOS.C2H6/c1-3-16(18)17-13-7-9-14(10-8-13)19-15-6-4-5-12(2)11-15;1-2/h3-11H,1H2,2H3,(H,17,18);1-2H3. The fourth-order valence-electron chi connectivity index (χ4n) is 1.61. The van der Waals surface area contributed by atoms with Crippen molar-refractivity contribution >= 4 is 23.4 Å². The Labute approximate surface area is 131 Å². The van der Waals surface area contributed by atoms with Crippen LogP contribution >= 0.6 is 11.8 Å². The molecule has 0 aliphatic carbocycles. The van der Waals surface area contributed by atoms with Crippen molar-refractivity contribution in [1.82, 2.24) is 0 Å². The van der Waals surface area contributed by atoms with Crippen LogP contribution in [0.2, 0.25) is 0 Å². The summed E-state index contributed by atoms with van der Waals surface area (Å²) in [6.45, 7) is 9.50. The smallest absolute Gasteiger partial charge is 0.247 e. The summed E-state index contributed by atoms with van der Waals surface area (Å²) < 4.78 is 0. The number of rotatable bonds is 4. The summed E-state index contributed by atoms with van der Waals surface area (Å²) in [5.41, 5.74) is 2.03. The van der Waals surface area contributed by atoms with E-state index in [0.29, 0.717) is 0 Å². The van der Waals surface area contributed by atoms with Crippen LogP contribution in [0.25, 0.3) is 0 Å². The molecule has 0 atom stereocenters. The van der Waals surface area contributed by atoms with E-state index in [-0.39, 0.29) is 5.91 Å². The highest BCUT2D eigenvalue weighted by molar-refractivity contribution is 7.99. The molecular formula is C18H21NOS. The first kappa shape index (κ1) is 17.1. The van der Waals surface area contributed by atoms with E-state index in [9.17, 15) is 4.79 Å². The molecule has 0 fully saturated rings. The van der Waals surface area contributed by atoms with Gasteiger partial charge in [-0.05, 0) is 49.4 Å². The van der Waals surface area contributed by atoms with Crippen LogP contribution in [0.3, 0.4) is 0 Å². The molecule has 0 heterocycles. The van der Waals surface area contributed by atoms with E-state index in [1.54, 1.807) is 11.8 Å². The highest BCUT2D eigenvalue weighted by atomic mass is 32.2. The lowest BCUT2D eigenvalue weighted by molar-refractivity contribution is -0.111. The second-order valence-corrected chi connectivity index (χ2v) is 5.28. The first-order valence-electron chi connectivity index (χ1n) is 6.95. The largest absolute Gasteiger partial charge is 0.323 e. The Bertz CT molecular complexity index is 590. The van der Waals surface area contributed by atoms with Gasteiger partial charge in [0.05, 0.1) is 0 Å². The van der Waals surface area contributed by atoms with Crippen LogP contribution in [0, 0.1) is 6.92 Å². The average Bonchev–Trinajstić information content (AvgIpc) is 2.51. The molecule has 0 spiro atoms. The van der Waals surface area contributed by atoms with Crippen LogP contribution in [0.1, 0.15) is 19.4 Å². The second kappa shape index (κ2) is 9.03. The van der Waals surface area contributed by atoms with Crippen molar-refractivity contribution in [2.75, 3.05) is 5.32 Å². The Morgan fingerprint density at radius 1 is 1.10 bits per heavy atom. The van der Waals surface area contributed by atoms with Gasteiger partial charge in [0, 0.05) is 15.5 Å². The SMILES string of the molecule is C=CC(=O)Nc1ccc(Sc2cccc(C)c2)cc1.CC. The van der Waals surface area contributed by atoms with Gasteiger partial charge in [-0.1, -0.05) is 49.9 Å². The topological polar surface area (TPSA) is 29.1 Å². The zero-order chi connectivity index (χ0) is 15.7. The maximum Gasteiger partial charge on any atom is 0.247 e. The highest BCUT2D eigenvalue weighted by Crippen LogP contribution is 2.28. The Morgan fingerprint density at radius 2 is 1.76 bits per heavy atom. The van der Waals surface area contributed by atoms with Crippen LogP contribution in [0.5, 0.6) is 0 Å². The third kappa shape index (κ3) is 5.88. The summed E-state index contributed by atoms with van der Waals surface area (Å²) in [7, 11) is 0. The minimum absolute atomic E-state index is 0.195. The van der Waals surface area contributed by atoms with Gasteiger partial charge in [0.1, 0.15) is 0 Å². The minimum atomic E-state index is -0.195. The van der Waals surface area contributed by atoms with E-state index in [1.807, 2.05) is 38.1 Å². The first-order valence-corrected chi connectivity index (χ1v) is 7.77. The zero-order valence-corrected chi connectivity index (χ0v) is 13.5. The fraction of sp³-hybridized carbons (Fsp3) is 0.167. The quantitative estimate of drug-likeness (QED) is 0.776. The van der Waals surface area contributed by atoms with Gasteiger partial charge in [0.2, 0.25) is 5.91 Å². The van der Waals surface area contributed by atoms with Gasteiger partial charge in [-0.2, -0.15) is 0 Å². The summed E-state index contributed by atoms with van der Waals surface area (Å²) in [6, 6.07) is 16.1. The molecule has 110 valence electrons. The molecule has 2 aromatic carbocycles. The van der Waals surface area contributed by atoms with E-state index < -0.39 is 0 Å². The molecule has 0 aliphatic heterocycles. The summed E-state index contributed by atoms with van der Waals surface area (Å²) in [5, 5.41) is 2.73. The number of carbonyl (C=O) groups excluding carboxylic acids is 1. The van der Waals surface area contributed by atoms with E-state index >= 15 is 0 Å². The van der Waals surface area contributed by atoms with Crippen molar-refractivity contribution in [3.8, 4) is 0 Å². The maximum atomic E-state index is 11.2. The van der Waals surface area contributed by atoms with E-state index in [0.717, 1.165) is 10.6 Å². The van der Waals surface area contributed by atoms with Gasteiger partial charge in [0.25, 0.3) is 0 Å². The highest BCUT2D eigenvalue weighted by Gasteiger charge is 2.00. The predicted octanol–water partition coefficient (Wildman–Crippen LogP) is 5.30. The Hall–Kier alpha value is -2.00. The molecule has 0 unspecified atom stereocenters. The number of nitrogens with one attached hydrogen (secondary N) is 1. The van der Waals surface area contributed by atoms with Gasteiger partial charge in [-0.15, -0.1) is 0 Å². The predicted molar refractivity (Wildman–Crippen MR) is 91.9 cm³/mol. The molecule has 21 heavy (non-hydrogen) atoms. The molecule has 2 rings (SSSR count). The van der Waals surface area contributed by atoms with Crippen LogP contribution in [0.15, 0.2) is 71.0 Å². The normalized spacial score (nSPS) is 9.29. The number of hydrogen-bond donors (Lipinski definition) is 1. The average molecular weight is 299 g/mol. The first-order chi connectivity index (χ1) is 10.2. The lowest BCUT2D eigenvalue weighted by Gasteiger charge is -2.05. The summed E-state index contributed by atoms with van der Waals surface area (Å²) in [4.78, 5) is 13.5. The van der Waals surface area contributed by atoms with E-state index in [4.69, 9.17) is 0 Å². The molecule has 0 aromatic heterocycles. The van der Waals surface area contributed by atoms with Crippen LogP contribution in [-0.2, 0) is 4.79 Å². The molecule has 0 radical (unpaired) electrons. The van der Waals surface area contributed by atoms with Crippen molar-refractivity contribution < 1.29 is 4.79 Å². The van der Waals surface area contributed by atoms with Crippen molar-refractivity contribution in [1.29, 1.82) is 0 Å². The lowest BCUT2D eigenvalue weighted by Crippen LogP contribution is -2.06. The van der Waals surface area contributed by atoms with Gasteiger partial charge in [0.15, 0.2) is 0 Å². The van der Waals surface area contributed by atoms with Crippen molar-refractivity contribution in [3.05, 3.63) is 66.7 Å². The molecule has 2 aromatic rings. The molecule has 0 aliphatic rings. The number of hydrogen-bond acceptors (Lipinski definition) is 2. The number of benzene rings is 2. The number of carbonyl (C=O) groups is 1. The molecule has 0 saturated carbocycles. The van der Waals surface area contributed by atoms with Crippen molar-refractivity contribution in [2.45, 2.75) is 30.6 Å². The second-order valence-electron chi connectivity index (χ2n) is 4.14. The lowest BCUT2D eigenvalue weighted by atomic mass is 10.2. The maximum absolute atomic E-state index is 11.2. The van der Waals surface area contributed by atoms with Gasteiger partial charge < -0.3 is 5.32 Å². The monoisotopic (exact) mass is 299 g/mol. The van der Waals surface area contributed by atoms with Crippen molar-refractivity contribution in [3.63, 3.8) is 0 Å². The fourth-order valence-corrected chi connectivity index (χ4v) is 2.55. The van der Waals surface area contributed by atoms with Crippen LogP contribution < -0.4 is 5.32 Å². The molecular weight excluding hydrogens is 278 g/mol. The number of amides is 1. The Balaban J connectivity index is 0.00000106. The third-order valence-corrected chi connectivity index (χ3v) is 3.53. The number of aryl methyl sites for hydroxylation is 1. The van der Waals surface area contributed by atoms with Gasteiger partial charge >= 0.3 is 0 Å². The minimum Gasteiger partial charge on any atom is -0.323 e. The van der Waals surface area contributed by atoms with E-state index in [1.165, 1.54) is 16.5 Å². The van der Waals surface area contributed by atoms with Crippen molar-refractivity contribution in [2.24, 2.45) is 0 Å². The van der Waals surface area contributed by atoms with Gasteiger partial charge in [-0.25, -0.2) is 0 Å². The number of anilines is 1. The summed E-state index contributed by atoms with van der Waals surface area (Å²) in [5.74, 6) is -0.195. The molecule has 1 N–H and O–H groups in total. The third-order valence-electron chi connectivity index (χ3n) is 2.53. The van der Waals surface area contributed by atoms with Crippen LogP contribution in [-0.4, -0.2) is 5.91 Å². The zero-order valence-electron chi connectivity index (χ0n) is 12.7. The Morgan fingerprint density at radius 3 is 2.33 bits per heavy atom. The Kier molecular flexibility index (Phi) is 7.33. The van der Waals surface area contributed by atoms with Gasteiger partial charge in [-0.3, -0.25) is 4.79 Å². The summed E-state index contributed by atoms with van der Waals surface area (Å²) in [6.07, 6.45) is 1.26. The summed E-state index contributed by atoms with van der Waals surface area (Å²) >= 11 is 1.70. The molecule has 0 saturated heterocycles. The van der Waals surface area contributed by atoms with Crippen LogP contribution in [0.4, 0.5) is 5.69 Å². The van der Waals surface area contributed by atoms with E-state index in [2.05, 4.69) is 43.1 Å². The molecule has 2 nitrogen and oxygen atoms in total. The molecule has 3 heteroatoms. The molecule has 1 amide bonds.